The van der Waals surface area contributed by atoms with E-state index in [1.54, 1.807) is 25.2 Å². The van der Waals surface area contributed by atoms with E-state index in [1.165, 1.54) is 0 Å². The van der Waals surface area contributed by atoms with Crippen molar-refractivity contribution in [3.05, 3.63) is 53.2 Å². The molecule has 0 unspecified atom stereocenters. The molecule has 31 heavy (non-hydrogen) atoms. The van der Waals surface area contributed by atoms with Crippen LogP contribution in [0.15, 0.2) is 47.3 Å². The summed E-state index contributed by atoms with van der Waals surface area (Å²) < 4.78 is 2.55. The number of carbonyl (C=O) groups excluding carboxylic acids is 1. The van der Waals surface area contributed by atoms with Crippen LogP contribution in [0, 0.1) is 5.92 Å². The van der Waals surface area contributed by atoms with Gasteiger partial charge in [-0.25, -0.2) is 19.4 Å². The summed E-state index contributed by atoms with van der Waals surface area (Å²) in [6, 6.07) is 10.1. The summed E-state index contributed by atoms with van der Waals surface area (Å²) in [5.74, 6) is 1.13. The van der Waals surface area contributed by atoms with E-state index in [4.69, 9.17) is 4.98 Å². The minimum Gasteiger partial charge on any atom is -0.331 e. The van der Waals surface area contributed by atoms with Gasteiger partial charge >= 0.3 is 6.03 Å². The van der Waals surface area contributed by atoms with E-state index >= 15 is 0 Å². The number of amides is 2. The first-order valence-corrected chi connectivity index (χ1v) is 11.0. The monoisotopic (exact) mass is 479 g/mol. The quantitative estimate of drug-likeness (QED) is 0.447. The fraction of sp³-hybridized carbons (Fsp3) is 0.318. The predicted molar refractivity (Wildman–Crippen MR) is 122 cm³/mol. The summed E-state index contributed by atoms with van der Waals surface area (Å²) in [4.78, 5) is 29.6. The molecule has 1 aromatic carbocycles. The largest absolute Gasteiger partial charge is 0.331 e. The third-order valence-corrected chi connectivity index (χ3v) is 6.26. The van der Waals surface area contributed by atoms with Crippen LogP contribution in [0.3, 0.4) is 0 Å². The van der Waals surface area contributed by atoms with Crippen LogP contribution in [0.1, 0.15) is 12.2 Å². The Morgan fingerprint density at radius 2 is 2.13 bits per heavy atom. The van der Waals surface area contributed by atoms with Crippen molar-refractivity contribution in [2.24, 2.45) is 5.92 Å². The van der Waals surface area contributed by atoms with Crippen molar-refractivity contribution in [2.75, 3.05) is 27.2 Å². The lowest BCUT2D eigenvalue weighted by molar-refractivity contribution is 0.180. The molecule has 1 fully saturated rings. The zero-order valence-corrected chi connectivity index (χ0v) is 18.9. The van der Waals surface area contributed by atoms with Crippen LogP contribution in [0.2, 0.25) is 0 Å². The Morgan fingerprint density at radius 1 is 1.26 bits per heavy atom. The van der Waals surface area contributed by atoms with Gasteiger partial charge in [-0.1, -0.05) is 6.07 Å². The fourth-order valence-corrected chi connectivity index (χ4v) is 4.53. The highest BCUT2D eigenvalue weighted by Gasteiger charge is 2.28. The normalized spacial score (nSPS) is 16.4. The second-order valence-corrected chi connectivity index (χ2v) is 8.84. The molecule has 0 radical (unpaired) electrons. The Balaban J connectivity index is 1.45. The number of hydrogen-bond acceptors (Lipinski definition) is 5. The number of aromatic nitrogens is 5. The molecule has 1 aliphatic rings. The molecule has 0 saturated carbocycles. The summed E-state index contributed by atoms with van der Waals surface area (Å²) in [5.41, 5.74) is 2.62. The van der Waals surface area contributed by atoms with Crippen molar-refractivity contribution < 1.29 is 4.79 Å². The number of fused-ring (bicyclic) bond motifs is 2. The highest BCUT2D eigenvalue weighted by Crippen LogP contribution is 2.27. The molecule has 1 atom stereocenters. The molecule has 4 heterocycles. The smallest absolute Gasteiger partial charge is 0.319 e. The van der Waals surface area contributed by atoms with Crippen LogP contribution >= 0.6 is 15.9 Å². The number of rotatable bonds is 3. The maximum atomic E-state index is 12.2. The van der Waals surface area contributed by atoms with Gasteiger partial charge in [0.1, 0.15) is 10.4 Å². The van der Waals surface area contributed by atoms with Gasteiger partial charge in [-0.2, -0.15) is 5.10 Å². The van der Waals surface area contributed by atoms with Gasteiger partial charge in [-0.15, -0.1) is 0 Å². The SMILES string of the molecule is CN(C)C(=O)N1CC[C@@H](Cc2ncc3c(Br)nn(-c4ccc5ncccc5c4)c3n2)C1. The van der Waals surface area contributed by atoms with Gasteiger partial charge in [0.15, 0.2) is 5.65 Å². The average Bonchev–Trinajstić information content (AvgIpc) is 3.37. The molecule has 8 nitrogen and oxygen atoms in total. The van der Waals surface area contributed by atoms with Crippen LogP contribution in [-0.2, 0) is 6.42 Å². The Bertz CT molecular complexity index is 1290. The van der Waals surface area contributed by atoms with Gasteiger partial charge in [0, 0.05) is 51.4 Å². The third-order valence-electron chi connectivity index (χ3n) is 5.67. The lowest BCUT2D eigenvalue weighted by atomic mass is 10.0. The van der Waals surface area contributed by atoms with E-state index in [0.717, 1.165) is 59.4 Å². The van der Waals surface area contributed by atoms with Crippen LogP contribution < -0.4 is 0 Å². The van der Waals surface area contributed by atoms with Crippen molar-refractivity contribution in [1.82, 2.24) is 34.5 Å². The second-order valence-electron chi connectivity index (χ2n) is 8.09. The summed E-state index contributed by atoms with van der Waals surface area (Å²) >= 11 is 3.54. The van der Waals surface area contributed by atoms with Gasteiger partial charge in [-0.3, -0.25) is 4.98 Å². The number of benzene rings is 1. The lowest BCUT2D eigenvalue weighted by Gasteiger charge is -2.21. The molecule has 0 bridgehead atoms. The van der Waals surface area contributed by atoms with Crippen LogP contribution in [0.5, 0.6) is 0 Å². The summed E-state index contributed by atoms with van der Waals surface area (Å²) in [6.45, 7) is 1.51. The van der Waals surface area contributed by atoms with E-state index in [-0.39, 0.29) is 6.03 Å². The maximum Gasteiger partial charge on any atom is 0.319 e. The number of nitrogens with zero attached hydrogens (tertiary/aromatic N) is 7. The summed E-state index contributed by atoms with van der Waals surface area (Å²) in [6.07, 6.45) is 5.31. The highest BCUT2D eigenvalue weighted by molar-refractivity contribution is 9.10. The topological polar surface area (TPSA) is 80.0 Å². The number of likely N-dealkylation sites (tertiary alicyclic amines) is 1. The van der Waals surface area contributed by atoms with Crippen molar-refractivity contribution in [3.8, 4) is 5.69 Å². The Labute approximate surface area is 188 Å². The summed E-state index contributed by atoms with van der Waals surface area (Å²) in [7, 11) is 3.57. The van der Waals surface area contributed by atoms with Crippen LogP contribution in [0.25, 0.3) is 27.6 Å². The van der Waals surface area contributed by atoms with E-state index in [2.05, 4.69) is 37.1 Å². The highest BCUT2D eigenvalue weighted by atomic mass is 79.9. The van der Waals surface area contributed by atoms with Crippen molar-refractivity contribution in [3.63, 3.8) is 0 Å². The first-order chi connectivity index (χ1) is 15.0. The zero-order chi connectivity index (χ0) is 21.5. The maximum absolute atomic E-state index is 12.2. The molecular weight excluding hydrogens is 458 g/mol. The molecular formula is C22H22BrN7O. The van der Waals surface area contributed by atoms with Crippen LogP contribution in [-0.4, -0.2) is 67.7 Å². The van der Waals surface area contributed by atoms with Gasteiger partial charge in [-0.05, 0) is 52.5 Å². The molecule has 4 aromatic rings. The number of pyridine rings is 1. The number of halogens is 1. The minimum absolute atomic E-state index is 0.0617. The zero-order valence-electron chi connectivity index (χ0n) is 17.4. The standard InChI is InChI=1S/C22H22BrN7O/c1-28(2)22(31)29-9-7-14(13-29)10-19-25-12-17-20(23)27-30(21(17)26-19)16-5-6-18-15(11-16)4-3-8-24-18/h3-6,8,11-12,14H,7,9-10,13H2,1-2H3/t14-/m0/s1. The van der Waals surface area contributed by atoms with Gasteiger partial charge in [0.25, 0.3) is 0 Å². The predicted octanol–water partition coefficient (Wildman–Crippen LogP) is 3.67. The van der Waals surface area contributed by atoms with Crippen LogP contribution in [0.4, 0.5) is 4.79 Å². The molecule has 1 aliphatic heterocycles. The van der Waals surface area contributed by atoms with Crippen molar-refractivity contribution in [1.29, 1.82) is 0 Å². The molecule has 5 rings (SSSR count). The molecule has 3 aromatic heterocycles. The second kappa shape index (κ2) is 7.88. The Morgan fingerprint density at radius 3 is 2.97 bits per heavy atom. The number of carbonyl (C=O) groups is 1. The van der Waals surface area contributed by atoms with E-state index in [0.29, 0.717) is 10.5 Å². The van der Waals surface area contributed by atoms with E-state index in [9.17, 15) is 4.79 Å². The molecule has 1 saturated heterocycles. The first kappa shape index (κ1) is 19.9. The Kier molecular flexibility index (Phi) is 5.05. The first-order valence-electron chi connectivity index (χ1n) is 10.2. The molecule has 9 heteroatoms. The lowest BCUT2D eigenvalue weighted by Crippen LogP contribution is -2.37. The van der Waals surface area contributed by atoms with Gasteiger partial charge in [0.05, 0.1) is 16.6 Å². The fourth-order valence-electron chi connectivity index (χ4n) is 4.09. The number of hydrogen-bond donors (Lipinski definition) is 0. The summed E-state index contributed by atoms with van der Waals surface area (Å²) in [5, 5.41) is 6.56. The molecule has 158 valence electrons. The van der Waals surface area contributed by atoms with E-state index in [1.807, 2.05) is 40.0 Å². The van der Waals surface area contributed by atoms with Crippen molar-refractivity contribution >= 4 is 43.9 Å². The van der Waals surface area contributed by atoms with Gasteiger partial charge < -0.3 is 9.80 Å². The molecule has 0 N–H and O–H groups in total. The molecule has 0 aliphatic carbocycles. The molecule has 2 amide bonds. The van der Waals surface area contributed by atoms with Gasteiger partial charge in [0.2, 0.25) is 0 Å². The molecule has 0 spiro atoms. The third kappa shape index (κ3) is 3.74. The average molecular weight is 480 g/mol. The van der Waals surface area contributed by atoms with Crippen molar-refractivity contribution in [2.45, 2.75) is 12.8 Å². The minimum atomic E-state index is 0.0617. The number of urea groups is 1. The van der Waals surface area contributed by atoms with E-state index < -0.39 is 0 Å². The Hall–Kier alpha value is -3.07.